The van der Waals surface area contributed by atoms with Gasteiger partial charge in [0.2, 0.25) is 0 Å². The summed E-state index contributed by atoms with van der Waals surface area (Å²) in [5.74, 6) is 1.54. The van der Waals surface area contributed by atoms with Gasteiger partial charge in [-0.05, 0) is 39.5 Å². The molecular weight excluding hydrogens is 300 g/mol. The Kier molecular flexibility index (Phi) is 4.86. The number of hydrogen-bond donors (Lipinski definition) is 1. The second-order valence-corrected chi connectivity index (χ2v) is 8.10. The Morgan fingerprint density at radius 3 is 3.09 bits per heavy atom. The number of rotatable bonds is 4. The van der Waals surface area contributed by atoms with E-state index >= 15 is 0 Å². The van der Waals surface area contributed by atoms with Crippen molar-refractivity contribution in [1.29, 1.82) is 0 Å². The summed E-state index contributed by atoms with van der Waals surface area (Å²) in [7, 11) is 0. The number of carbonyl (C=O) groups excluding carboxylic acids is 1. The second-order valence-electron chi connectivity index (χ2n) is 6.95. The normalized spacial score (nSPS) is 41.2. The predicted octanol–water partition coefficient (Wildman–Crippen LogP) is 2.55. The number of epoxide rings is 1. The Hall–Kier alpha value is -0.520. The van der Waals surface area contributed by atoms with Gasteiger partial charge in [0.25, 0.3) is 0 Å². The molecule has 2 heterocycles. The Bertz CT molecular complexity index is 464. The molecule has 0 saturated carbocycles. The Balaban J connectivity index is 1.75. The fraction of sp³-hybridized carbons (Fsp3) is 0.824. The maximum Gasteiger partial charge on any atom is 0.310 e. The van der Waals surface area contributed by atoms with Crippen molar-refractivity contribution in [2.45, 2.75) is 57.3 Å². The van der Waals surface area contributed by atoms with Gasteiger partial charge in [-0.15, -0.1) is 0 Å². The largest absolute Gasteiger partial charge is 0.459 e. The van der Waals surface area contributed by atoms with Crippen molar-refractivity contribution < 1.29 is 19.4 Å². The number of fused-ring (bicyclic) bond motifs is 3. The van der Waals surface area contributed by atoms with Crippen molar-refractivity contribution in [1.82, 2.24) is 0 Å². The summed E-state index contributed by atoms with van der Waals surface area (Å²) in [4.78, 5) is 12.3. The monoisotopic (exact) mass is 326 g/mol. The summed E-state index contributed by atoms with van der Waals surface area (Å²) in [6.45, 7) is 4.48. The molecule has 0 radical (unpaired) electrons. The van der Waals surface area contributed by atoms with Crippen LogP contribution < -0.4 is 0 Å². The van der Waals surface area contributed by atoms with E-state index in [1.54, 1.807) is 11.8 Å². The quantitative estimate of drug-likeness (QED) is 0.372. The van der Waals surface area contributed by atoms with Crippen LogP contribution in [0.5, 0.6) is 0 Å². The molecule has 4 nitrogen and oxygen atoms in total. The van der Waals surface area contributed by atoms with Gasteiger partial charge in [0.15, 0.2) is 0 Å². The lowest BCUT2D eigenvalue weighted by molar-refractivity contribution is -0.144. The van der Waals surface area contributed by atoms with E-state index in [9.17, 15) is 4.79 Å². The first kappa shape index (κ1) is 16.3. The first-order valence-electron chi connectivity index (χ1n) is 8.28. The maximum absolute atomic E-state index is 12.3. The number of carbonyl (C=O) groups is 1. The van der Waals surface area contributed by atoms with Crippen LogP contribution in [0.15, 0.2) is 11.6 Å². The topological polar surface area (TPSA) is 59.1 Å². The van der Waals surface area contributed by atoms with Gasteiger partial charge in [0.1, 0.15) is 12.2 Å². The third-order valence-corrected chi connectivity index (χ3v) is 6.34. The molecule has 2 fully saturated rings. The van der Waals surface area contributed by atoms with Crippen molar-refractivity contribution in [3.8, 4) is 0 Å². The molecule has 0 aromatic rings. The molecule has 0 unspecified atom stereocenters. The van der Waals surface area contributed by atoms with Crippen molar-refractivity contribution in [2.24, 2.45) is 11.8 Å². The van der Waals surface area contributed by atoms with E-state index in [1.807, 2.05) is 0 Å². The lowest BCUT2D eigenvalue weighted by atomic mass is 9.81. The van der Waals surface area contributed by atoms with Crippen LogP contribution in [0.4, 0.5) is 0 Å². The molecule has 5 heteroatoms. The molecule has 0 amide bonds. The number of hydrogen-bond acceptors (Lipinski definition) is 5. The van der Waals surface area contributed by atoms with Crippen molar-refractivity contribution >= 4 is 17.7 Å². The van der Waals surface area contributed by atoms with Gasteiger partial charge in [0, 0.05) is 17.4 Å². The van der Waals surface area contributed by atoms with E-state index in [2.05, 4.69) is 19.9 Å². The zero-order valence-electron chi connectivity index (χ0n) is 13.4. The van der Waals surface area contributed by atoms with Crippen molar-refractivity contribution in [3.63, 3.8) is 0 Å². The van der Waals surface area contributed by atoms with Gasteiger partial charge in [-0.3, -0.25) is 4.79 Å². The molecule has 3 aliphatic rings. The highest BCUT2D eigenvalue weighted by molar-refractivity contribution is 7.99. The minimum absolute atomic E-state index is 0.0535. The minimum Gasteiger partial charge on any atom is -0.459 e. The Morgan fingerprint density at radius 2 is 2.32 bits per heavy atom. The first-order chi connectivity index (χ1) is 10.5. The van der Waals surface area contributed by atoms with Crippen molar-refractivity contribution in [3.05, 3.63) is 11.6 Å². The SMILES string of the molecule is CC1=CCC[C@@]2(C)O[C@H]2[C@H]2OC(=O)[C@@H](CSCCO)[C@@H]2CC1. The molecule has 2 aliphatic heterocycles. The highest BCUT2D eigenvalue weighted by Crippen LogP contribution is 2.50. The van der Waals surface area contributed by atoms with Crippen LogP contribution in [0.2, 0.25) is 0 Å². The molecule has 3 rings (SSSR count). The van der Waals surface area contributed by atoms with E-state index in [4.69, 9.17) is 14.6 Å². The summed E-state index contributed by atoms with van der Waals surface area (Å²) in [5.41, 5.74) is 1.28. The maximum atomic E-state index is 12.3. The van der Waals surface area contributed by atoms with Crippen LogP contribution >= 0.6 is 11.8 Å². The first-order valence-corrected chi connectivity index (χ1v) is 9.43. The summed E-state index contributed by atoms with van der Waals surface area (Å²) < 4.78 is 11.7. The predicted molar refractivity (Wildman–Crippen MR) is 86.8 cm³/mol. The molecule has 5 atom stereocenters. The highest BCUT2D eigenvalue weighted by atomic mass is 32.2. The highest BCUT2D eigenvalue weighted by Gasteiger charge is 2.62. The number of esters is 1. The molecule has 0 bridgehead atoms. The molecule has 0 spiro atoms. The third kappa shape index (κ3) is 3.22. The van der Waals surface area contributed by atoms with Crippen LogP contribution in [0.3, 0.4) is 0 Å². The zero-order valence-corrected chi connectivity index (χ0v) is 14.2. The molecule has 22 heavy (non-hydrogen) atoms. The van der Waals surface area contributed by atoms with Crippen LogP contribution in [-0.2, 0) is 14.3 Å². The second kappa shape index (κ2) is 6.54. The molecular formula is C17H26O4S. The smallest absolute Gasteiger partial charge is 0.310 e. The number of thioether (sulfide) groups is 1. The average Bonchev–Trinajstić information content (AvgIpc) is 3.04. The van der Waals surface area contributed by atoms with E-state index in [0.717, 1.165) is 31.4 Å². The van der Waals surface area contributed by atoms with Crippen LogP contribution in [0, 0.1) is 11.8 Å². The molecule has 2 saturated heterocycles. The van der Waals surface area contributed by atoms with Gasteiger partial charge >= 0.3 is 5.97 Å². The summed E-state index contributed by atoms with van der Waals surface area (Å²) in [6.07, 6.45) is 6.36. The summed E-state index contributed by atoms with van der Waals surface area (Å²) in [5, 5.41) is 8.94. The molecule has 0 aromatic heterocycles. The lowest BCUT2D eigenvalue weighted by Gasteiger charge is -2.22. The molecule has 1 N–H and O–H groups in total. The summed E-state index contributed by atoms with van der Waals surface area (Å²) in [6, 6.07) is 0. The third-order valence-electron chi connectivity index (χ3n) is 5.27. The van der Waals surface area contributed by atoms with E-state index in [-0.39, 0.29) is 42.2 Å². The number of aliphatic hydroxyl groups excluding tert-OH is 1. The molecule has 1 aliphatic carbocycles. The Morgan fingerprint density at radius 1 is 1.50 bits per heavy atom. The number of ether oxygens (including phenoxy) is 2. The van der Waals surface area contributed by atoms with Gasteiger partial charge in [0.05, 0.1) is 18.1 Å². The van der Waals surface area contributed by atoms with Crippen molar-refractivity contribution in [2.75, 3.05) is 18.1 Å². The minimum atomic E-state index is -0.121. The van der Waals surface area contributed by atoms with Crippen LogP contribution in [0.1, 0.15) is 39.5 Å². The van der Waals surface area contributed by atoms with Gasteiger partial charge in [-0.2, -0.15) is 11.8 Å². The van der Waals surface area contributed by atoms with E-state index in [0.29, 0.717) is 5.75 Å². The molecule has 124 valence electrons. The number of aliphatic hydroxyl groups is 1. The Labute approximate surface area is 136 Å². The average molecular weight is 326 g/mol. The van der Waals surface area contributed by atoms with E-state index < -0.39 is 0 Å². The fourth-order valence-electron chi connectivity index (χ4n) is 3.80. The van der Waals surface area contributed by atoms with Gasteiger partial charge < -0.3 is 14.6 Å². The zero-order chi connectivity index (χ0) is 15.7. The van der Waals surface area contributed by atoms with E-state index in [1.165, 1.54) is 5.57 Å². The van der Waals surface area contributed by atoms with Gasteiger partial charge in [-0.25, -0.2) is 0 Å². The standard InChI is InChI=1S/C17H26O4S/c1-11-4-3-7-17(2)15(21-17)14-12(6-5-11)13(16(19)20-14)10-22-9-8-18/h4,12-15,18H,3,5-10H2,1-2H3/t12-,13-,14-,15-,17+/m0/s1. The lowest BCUT2D eigenvalue weighted by Crippen LogP contribution is -2.31. The molecule has 0 aromatic carbocycles. The number of allylic oxidation sites excluding steroid dienone is 2. The summed E-state index contributed by atoms with van der Waals surface area (Å²) >= 11 is 1.64. The van der Waals surface area contributed by atoms with Crippen LogP contribution in [-0.4, -0.2) is 47.0 Å². The fourth-order valence-corrected chi connectivity index (χ4v) is 4.74. The van der Waals surface area contributed by atoms with Gasteiger partial charge in [-0.1, -0.05) is 11.6 Å². The van der Waals surface area contributed by atoms with Crippen LogP contribution in [0.25, 0.3) is 0 Å².